The molecule has 1 saturated carbocycles. The first-order valence-electron chi connectivity index (χ1n) is 6.77. The highest BCUT2D eigenvalue weighted by atomic mass is 35.5. The first-order chi connectivity index (χ1) is 9.17. The number of anilines is 1. The molecule has 0 aromatic carbocycles. The quantitative estimate of drug-likeness (QED) is 0.835. The van der Waals surface area contributed by atoms with Crippen molar-refractivity contribution in [1.82, 2.24) is 4.98 Å². The molecule has 1 heterocycles. The molecule has 1 aromatic heterocycles. The van der Waals surface area contributed by atoms with E-state index in [1.165, 1.54) is 12.8 Å². The lowest BCUT2D eigenvalue weighted by Gasteiger charge is -2.31. The first kappa shape index (κ1) is 14.6. The number of pyridine rings is 1. The summed E-state index contributed by atoms with van der Waals surface area (Å²) in [7, 11) is 1.71. The van der Waals surface area contributed by atoms with Crippen LogP contribution in [0.1, 0.15) is 25.3 Å². The van der Waals surface area contributed by atoms with E-state index in [1.807, 2.05) is 6.07 Å². The third-order valence-corrected chi connectivity index (χ3v) is 4.00. The van der Waals surface area contributed by atoms with Gasteiger partial charge in [0.1, 0.15) is 5.82 Å². The Hall–Kier alpha value is -0.840. The lowest BCUT2D eigenvalue weighted by atomic mass is 10.1. The molecule has 0 aliphatic heterocycles. The monoisotopic (exact) mass is 283 g/mol. The van der Waals surface area contributed by atoms with E-state index in [-0.39, 0.29) is 0 Å². The Morgan fingerprint density at radius 1 is 1.58 bits per heavy atom. The lowest BCUT2D eigenvalue weighted by Crippen LogP contribution is -2.38. The first-order valence-corrected chi connectivity index (χ1v) is 7.15. The molecule has 1 unspecified atom stereocenters. The topological polar surface area (TPSA) is 51.4 Å². The van der Waals surface area contributed by atoms with E-state index in [1.54, 1.807) is 13.3 Å². The molecule has 2 rings (SSSR count). The Bertz CT molecular complexity index is 423. The minimum atomic E-state index is 0.448. The van der Waals surface area contributed by atoms with E-state index in [4.69, 9.17) is 22.1 Å². The van der Waals surface area contributed by atoms with Crippen LogP contribution in [0, 0.1) is 5.92 Å². The van der Waals surface area contributed by atoms with Gasteiger partial charge < -0.3 is 15.4 Å². The summed E-state index contributed by atoms with van der Waals surface area (Å²) in [4.78, 5) is 6.75. The van der Waals surface area contributed by atoms with Gasteiger partial charge in [-0.25, -0.2) is 4.98 Å². The van der Waals surface area contributed by atoms with E-state index in [9.17, 15) is 0 Å². The van der Waals surface area contributed by atoms with Gasteiger partial charge in [0.25, 0.3) is 0 Å². The van der Waals surface area contributed by atoms with Crippen LogP contribution < -0.4 is 10.6 Å². The van der Waals surface area contributed by atoms with Crippen LogP contribution in [-0.2, 0) is 11.3 Å². The van der Waals surface area contributed by atoms with Crippen LogP contribution in [0.15, 0.2) is 12.3 Å². The van der Waals surface area contributed by atoms with Crippen molar-refractivity contribution in [2.24, 2.45) is 11.7 Å². The van der Waals surface area contributed by atoms with Crippen LogP contribution in [-0.4, -0.2) is 31.3 Å². The second kappa shape index (κ2) is 6.55. The van der Waals surface area contributed by atoms with Crippen molar-refractivity contribution in [3.63, 3.8) is 0 Å². The number of methoxy groups -OCH3 is 1. The fraction of sp³-hybridized carbons (Fsp3) is 0.643. The van der Waals surface area contributed by atoms with Gasteiger partial charge in [0, 0.05) is 32.4 Å². The van der Waals surface area contributed by atoms with Crippen molar-refractivity contribution in [1.29, 1.82) is 0 Å². The number of aromatic nitrogens is 1. The molecule has 0 amide bonds. The molecule has 106 valence electrons. The van der Waals surface area contributed by atoms with Crippen molar-refractivity contribution in [2.45, 2.75) is 32.4 Å². The van der Waals surface area contributed by atoms with E-state index >= 15 is 0 Å². The molecule has 5 heteroatoms. The van der Waals surface area contributed by atoms with Gasteiger partial charge in [0.15, 0.2) is 0 Å². The summed E-state index contributed by atoms with van der Waals surface area (Å²) in [5.41, 5.74) is 6.57. The van der Waals surface area contributed by atoms with Crippen LogP contribution in [0.5, 0.6) is 0 Å². The highest BCUT2D eigenvalue weighted by Crippen LogP contribution is 2.37. The Morgan fingerprint density at radius 2 is 2.32 bits per heavy atom. The summed E-state index contributed by atoms with van der Waals surface area (Å²) in [6, 6.07) is 2.35. The zero-order valence-corrected chi connectivity index (χ0v) is 12.4. The second-order valence-electron chi connectivity index (χ2n) is 5.12. The maximum Gasteiger partial charge on any atom is 0.147 e. The summed E-state index contributed by atoms with van der Waals surface area (Å²) in [5.74, 6) is 1.60. The Balaban J connectivity index is 2.20. The van der Waals surface area contributed by atoms with Crippen molar-refractivity contribution >= 4 is 17.4 Å². The average molecular weight is 284 g/mol. The van der Waals surface area contributed by atoms with E-state index in [0.29, 0.717) is 24.2 Å². The van der Waals surface area contributed by atoms with Crippen molar-refractivity contribution < 1.29 is 4.74 Å². The third kappa shape index (κ3) is 3.59. The molecule has 1 fully saturated rings. The predicted molar refractivity (Wildman–Crippen MR) is 78.5 cm³/mol. The SMILES string of the molecule is COCCN(c1ncc(CN)cc1Cl)C(C)C1CC1. The number of nitrogens with zero attached hydrogens (tertiary/aromatic N) is 2. The van der Waals surface area contributed by atoms with Crippen molar-refractivity contribution in [3.8, 4) is 0 Å². The van der Waals surface area contributed by atoms with E-state index < -0.39 is 0 Å². The highest BCUT2D eigenvalue weighted by Gasteiger charge is 2.33. The van der Waals surface area contributed by atoms with Crippen molar-refractivity contribution in [3.05, 3.63) is 22.8 Å². The zero-order chi connectivity index (χ0) is 13.8. The molecular formula is C14H22ClN3O. The lowest BCUT2D eigenvalue weighted by molar-refractivity contribution is 0.202. The third-order valence-electron chi connectivity index (χ3n) is 3.72. The van der Waals surface area contributed by atoms with E-state index in [2.05, 4.69) is 16.8 Å². The van der Waals surface area contributed by atoms with Crippen LogP contribution in [0.3, 0.4) is 0 Å². The summed E-state index contributed by atoms with van der Waals surface area (Å²) in [6.45, 7) is 4.18. The predicted octanol–water partition coefficient (Wildman–Crippen LogP) is 2.45. The van der Waals surface area contributed by atoms with Crippen LogP contribution in [0.2, 0.25) is 5.02 Å². The number of rotatable bonds is 7. The molecule has 1 aliphatic rings. The van der Waals surface area contributed by atoms with Gasteiger partial charge in [0.05, 0.1) is 11.6 Å². The van der Waals surface area contributed by atoms with Gasteiger partial charge in [-0.2, -0.15) is 0 Å². The second-order valence-corrected chi connectivity index (χ2v) is 5.52. The minimum absolute atomic E-state index is 0.448. The molecule has 0 radical (unpaired) electrons. The maximum absolute atomic E-state index is 6.35. The van der Waals surface area contributed by atoms with Gasteiger partial charge in [-0.15, -0.1) is 0 Å². The zero-order valence-electron chi connectivity index (χ0n) is 11.6. The fourth-order valence-corrected chi connectivity index (χ4v) is 2.62. The summed E-state index contributed by atoms with van der Waals surface area (Å²) in [5, 5.41) is 0.673. The Kier molecular flexibility index (Phi) is 5.02. The van der Waals surface area contributed by atoms with Crippen LogP contribution >= 0.6 is 11.6 Å². The molecule has 1 aliphatic carbocycles. The number of halogens is 1. The average Bonchev–Trinajstić information content (AvgIpc) is 3.24. The van der Waals surface area contributed by atoms with Crippen LogP contribution in [0.4, 0.5) is 5.82 Å². The molecule has 0 spiro atoms. The molecule has 1 atom stereocenters. The molecule has 0 bridgehead atoms. The van der Waals surface area contributed by atoms with Gasteiger partial charge in [0.2, 0.25) is 0 Å². The summed E-state index contributed by atoms with van der Waals surface area (Å²) in [6.07, 6.45) is 4.40. The molecule has 0 saturated heterocycles. The molecular weight excluding hydrogens is 262 g/mol. The summed E-state index contributed by atoms with van der Waals surface area (Å²) >= 11 is 6.35. The maximum atomic E-state index is 6.35. The number of ether oxygens (including phenoxy) is 1. The number of hydrogen-bond acceptors (Lipinski definition) is 4. The number of hydrogen-bond donors (Lipinski definition) is 1. The Labute approximate surface area is 119 Å². The largest absolute Gasteiger partial charge is 0.383 e. The normalized spacial score (nSPS) is 16.4. The number of nitrogens with two attached hydrogens (primary N) is 1. The highest BCUT2D eigenvalue weighted by molar-refractivity contribution is 6.33. The van der Waals surface area contributed by atoms with Gasteiger partial charge in [-0.05, 0) is 37.3 Å². The van der Waals surface area contributed by atoms with Crippen molar-refractivity contribution in [2.75, 3.05) is 25.2 Å². The fourth-order valence-electron chi connectivity index (χ4n) is 2.32. The van der Waals surface area contributed by atoms with Gasteiger partial charge >= 0.3 is 0 Å². The van der Waals surface area contributed by atoms with E-state index in [0.717, 1.165) is 23.8 Å². The molecule has 19 heavy (non-hydrogen) atoms. The Morgan fingerprint density at radius 3 is 2.84 bits per heavy atom. The summed E-state index contributed by atoms with van der Waals surface area (Å²) < 4.78 is 5.20. The molecule has 4 nitrogen and oxygen atoms in total. The van der Waals surface area contributed by atoms with Gasteiger partial charge in [-0.1, -0.05) is 11.6 Å². The van der Waals surface area contributed by atoms with Gasteiger partial charge in [-0.3, -0.25) is 0 Å². The van der Waals surface area contributed by atoms with Crippen LogP contribution in [0.25, 0.3) is 0 Å². The smallest absolute Gasteiger partial charge is 0.147 e. The standard InChI is InChI=1S/C14H22ClN3O/c1-10(12-3-4-12)18(5-6-19-2)14-13(15)7-11(8-16)9-17-14/h7,9-10,12H,3-6,8,16H2,1-2H3. The minimum Gasteiger partial charge on any atom is -0.383 e. The molecule has 2 N–H and O–H groups in total. The molecule has 1 aromatic rings.